The molecule has 0 saturated heterocycles. The fourth-order valence-corrected chi connectivity index (χ4v) is 2.10. The van der Waals surface area contributed by atoms with E-state index in [-0.39, 0.29) is 0 Å². The second-order valence-electron chi connectivity index (χ2n) is 5.17. The van der Waals surface area contributed by atoms with E-state index in [1.807, 2.05) is 35.6 Å². The smallest absolute Gasteiger partial charge is 0.229 e. The molecular formula is C14H20N10. The number of nitrogens with one attached hydrogen (secondary N) is 3. The number of imidazole rings is 2. The standard InChI is InChI=1S/C14H20N10/c1-15-12-20-13(18-8-10-16-4-6-23(10)2)22-14(21-12)19-9-11-17-5-7-24(11)3/h4-7H,8-9H2,1-3H3,(H3,15,18,19,20,21,22). The van der Waals surface area contributed by atoms with Gasteiger partial charge in [0, 0.05) is 45.9 Å². The SMILES string of the molecule is CNc1nc(NCc2nccn2C)nc(NCc2nccn2C)n1. The van der Waals surface area contributed by atoms with Gasteiger partial charge in [-0.25, -0.2) is 9.97 Å². The van der Waals surface area contributed by atoms with Crippen LogP contribution in [0.2, 0.25) is 0 Å². The molecule has 0 aliphatic rings. The van der Waals surface area contributed by atoms with E-state index in [1.165, 1.54) is 0 Å². The highest BCUT2D eigenvalue weighted by Crippen LogP contribution is 2.11. The number of hydrogen-bond acceptors (Lipinski definition) is 8. The number of hydrogen-bond donors (Lipinski definition) is 3. The minimum Gasteiger partial charge on any atom is -0.357 e. The Morgan fingerprint density at radius 3 is 1.62 bits per heavy atom. The third-order valence-electron chi connectivity index (χ3n) is 3.51. The summed E-state index contributed by atoms with van der Waals surface area (Å²) in [6, 6.07) is 0. The van der Waals surface area contributed by atoms with E-state index in [9.17, 15) is 0 Å². The van der Waals surface area contributed by atoms with Crippen LogP contribution in [0.4, 0.5) is 17.8 Å². The second-order valence-corrected chi connectivity index (χ2v) is 5.17. The van der Waals surface area contributed by atoms with E-state index in [1.54, 1.807) is 19.4 Å². The maximum absolute atomic E-state index is 4.38. The molecule has 10 nitrogen and oxygen atoms in total. The second kappa shape index (κ2) is 6.94. The molecule has 0 saturated carbocycles. The fourth-order valence-electron chi connectivity index (χ4n) is 2.10. The van der Waals surface area contributed by atoms with Crippen molar-refractivity contribution in [3.63, 3.8) is 0 Å². The number of anilines is 3. The Bertz CT molecular complexity index is 743. The van der Waals surface area contributed by atoms with Gasteiger partial charge in [-0.15, -0.1) is 0 Å². The van der Waals surface area contributed by atoms with Crippen LogP contribution in [0.15, 0.2) is 24.8 Å². The molecule has 3 aromatic heterocycles. The minimum atomic E-state index is 0.472. The lowest BCUT2D eigenvalue weighted by atomic mass is 10.5. The Labute approximate surface area is 139 Å². The van der Waals surface area contributed by atoms with Crippen molar-refractivity contribution in [3.05, 3.63) is 36.4 Å². The summed E-state index contributed by atoms with van der Waals surface area (Å²) < 4.78 is 3.88. The highest BCUT2D eigenvalue weighted by molar-refractivity contribution is 5.41. The molecule has 3 heterocycles. The molecule has 3 aromatic rings. The molecule has 0 spiro atoms. The maximum Gasteiger partial charge on any atom is 0.229 e. The van der Waals surface area contributed by atoms with E-state index in [4.69, 9.17) is 0 Å². The predicted molar refractivity (Wildman–Crippen MR) is 90.4 cm³/mol. The zero-order chi connectivity index (χ0) is 16.9. The van der Waals surface area contributed by atoms with Crippen molar-refractivity contribution in [2.24, 2.45) is 14.1 Å². The lowest BCUT2D eigenvalue weighted by Gasteiger charge is -2.10. The van der Waals surface area contributed by atoms with Gasteiger partial charge in [0.2, 0.25) is 17.8 Å². The summed E-state index contributed by atoms with van der Waals surface area (Å²) in [5.74, 6) is 3.21. The minimum absolute atomic E-state index is 0.472. The monoisotopic (exact) mass is 328 g/mol. The summed E-state index contributed by atoms with van der Waals surface area (Å²) in [6.07, 6.45) is 7.29. The highest BCUT2D eigenvalue weighted by atomic mass is 15.3. The molecule has 3 N–H and O–H groups in total. The first kappa shape index (κ1) is 15.7. The Morgan fingerprint density at radius 2 is 1.25 bits per heavy atom. The van der Waals surface area contributed by atoms with Gasteiger partial charge in [0.15, 0.2) is 0 Å². The van der Waals surface area contributed by atoms with Gasteiger partial charge in [-0.2, -0.15) is 15.0 Å². The van der Waals surface area contributed by atoms with E-state index in [0.29, 0.717) is 30.9 Å². The lowest BCUT2D eigenvalue weighted by molar-refractivity contribution is 0.800. The van der Waals surface area contributed by atoms with Crippen LogP contribution in [0, 0.1) is 0 Å². The Hall–Kier alpha value is -3.17. The Balaban J connectivity index is 1.70. The first-order valence-electron chi connectivity index (χ1n) is 7.49. The van der Waals surface area contributed by atoms with Crippen LogP contribution < -0.4 is 16.0 Å². The van der Waals surface area contributed by atoms with Crippen molar-refractivity contribution < 1.29 is 0 Å². The molecule has 0 aliphatic carbocycles. The quantitative estimate of drug-likeness (QED) is 0.578. The van der Waals surface area contributed by atoms with Gasteiger partial charge in [0.25, 0.3) is 0 Å². The lowest BCUT2D eigenvalue weighted by Crippen LogP contribution is -2.13. The summed E-state index contributed by atoms with van der Waals surface area (Å²) in [5.41, 5.74) is 0. The predicted octanol–water partition coefficient (Wildman–Crippen LogP) is 0.604. The molecular weight excluding hydrogens is 308 g/mol. The van der Waals surface area contributed by atoms with Crippen LogP contribution in [-0.4, -0.2) is 41.1 Å². The molecule has 0 unspecified atom stereocenters. The van der Waals surface area contributed by atoms with Gasteiger partial charge < -0.3 is 25.1 Å². The first-order chi connectivity index (χ1) is 11.7. The zero-order valence-electron chi connectivity index (χ0n) is 13.9. The summed E-state index contributed by atoms with van der Waals surface area (Å²) in [6.45, 7) is 1.05. The van der Waals surface area contributed by atoms with Gasteiger partial charge in [-0.05, 0) is 0 Å². The molecule has 0 radical (unpaired) electrons. The fraction of sp³-hybridized carbons (Fsp3) is 0.357. The molecule has 0 fully saturated rings. The average molecular weight is 328 g/mol. The number of nitrogens with zero attached hydrogens (tertiary/aromatic N) is 7. The van der Waals surface area contributed by atoms with Crippen LogP contribution >= 0.6 is 0 Å². The van der Waals surface area contributed by atoms with Crippen molar-refractivity contribution in [1.29, 1.82) is 0 Å². The van der Waals surface area contributed by atoms with Gasteiger partial charge in [-0.3, -0.25) is 0 Å². The van der Waals surface area contributed by atoms with Crippen molar-refractivity contribution in [3.8, 4) is 0 Å². The van der Waals surface area contributed by atoms with Crippen molar-refractivity contribution >= 4 is 17.8 Å². The third-order valence-corrected chi connectivity index (χ3v) is 3.51. The number of aromatic nitrogens is 7. The molecule has 24 heavy (non-hydrogen) atoms. The maximum atomic E-state index is 4.38. The molecule has 3 rings (SSSR count). The van der Waals surface area contributed by atoms with Crippen LogP contribution in [0.1, 0.15) is 11.6 Å². The molecule has 0 aliphatic heterocycles. The topological polar surface area (TPSA) is 110 Å². The molecule has 0 amide bonds. The van der Waals surface area contributed by atoms with E-state index < -0.39 is 0 Å². The van der Waals surface area contributed by atoms with Crippen molar-refractivity contribution in [2.75, 3.05) is 23.0 Å². The van der Waals surface area contributed by atoms with Gasteiger partial charge in [0.1, 0.15) is 11.6 Å². The molecule has 10 heteroatoms. The van der Waals surface area contributed by atoms with Crippen molar-refractivity contribution in [2.45, 2.75) is 13.1 Å². The number of rotatable bonds is 7. The largest absolute Gasteiger partial charge is 0.357 e. The van der Waals surface area contributed by atoms with Crippen molar-refractivity contribution in [1.82, 2.24) is 34.1 Å². The summed E-state index contributed by atoms with van der Waals surface area (Å²) in [5, 5.41) is 9.26. The summed E-state index contributed by atoms with van der Waals surface area (Å²) in [4.78, 5) is 21.5. The molecule has 0 atom stereocenters. The zero-order valence-corrected chi connectivity index (χ0v) is 13.9. The molecule has 0 bridgehead atoms. The Morgan fingerprint density at radius 1 is 0.792 bits per heavy atom. The summed E-state index contributed by atoms with van der Waals surface area (Å²) in [7, 11) is 5.65. The highest BCUT2D eigenvalue weighted by Gasteiger charge is 2.08. The average Bonchev–Trinajstić information content (AvgIpc) is 3.19. The van der Waals surface area contributed by atoms with Crippen LogP contribution in [0.25, 0.3) is 0 Å². The van der Waals surface area contributed by atoms with Gasteiger partial charge in [-0.1, -0.05) is 0 Å². The molecule has 126 valence electrons. The van der Waals surface area contributed by atoms with E-state index in [0.717, 1.165) is 11.6 Å². The third kappa shape index (κ3) is 3.59. The van der Waals surface area contributed by atoms with Gasteiger partial charge in [0.05, 0.1) is 13.1 Å². The first-order valence-corrected chi connectivity index (χ1v) is 7.49. The van der Waals surface area contributed by atoms with E-state index >= 15 is 0 Å². The Kier molecular flexibility index (Phi) is 4.54. The number of aryl methyl sites for hydroxylation is 2. The van der Waals surface area contributed by atoms with Gasteiger partial charge >= 0.3 is 0 Å². The molecule has 0 aromatic carbocycles. The van der Waals surface area contributed by atoms with E-state index in [2.05, 4.69) is 40.9 Å². The van der Waals surface area contributed by atoms with Crippen LogP contribution in [0.3, 0.4) is 0 Å². The normalized spacial score (nSPS) is 10.6. The van der Waals surface area contributed by atoms with Crippen LogP contribution in [0.5, 0.6) is 0 Å². The van der Waals surface area contributed by atoms with Crippen LogP contribution in [-0.2, 0) is 27.2 Å². The summed E-state index contributed by atoms with van der Waals surface area (Å²) >= 11 is 0.